The third-order valence-corrected chi connectivity index (χ3v) is 5.28. The van der Waals surface area contributed by atoms with Gasteiger partial charge < -0.3 is 16.2 Å². The van der Waals surface area contributed by atoms with E-state index in [2.05, 4.69) is 5.32 Å². The molecule has 28 heavy (non-hydrogen) atoms. The molecule has 2 unspecified atom stereocenters. The van der Waals surface area contributed by atoms with Gasteiger partial charge in [0.15, 0.2) is 5.12 Å². The Morgan fingerprint density at radius 3 is 2.21 bits per heavy atom. The standard InChI is InChI=1S/C20H28N2O5S/c1-12(2)9-15(17(11-18(24)25)28-13(3)23)20(27)22-16(19(21)26)10-14-7-5-4-6-8-14/h4-8,12,15-17H,9-11H2,1-3H3,(H2,21,26)(H,22,27)(H,24,25)/t15?,16-,17?/m0/s1. The van der Waals surface area contributed by atoms with Gasteiger partial charge in [0.2, 0.25) is 11.8 Å². The van der Waals surface area contributed by atoms with Crippen LogP contribution in [0.1, 0.15) is 39.2 Å². The molecule has 1 aromatic rings. The number of carbonyl (C=O) groups excluding carboxylic acids is 3. The van der Waals surface area contributed by atoms with E-state index in [9.17, 15) is 24.3 Å². The van der Waals surface area contributed by atoms with Crippen molar-refractivity contribution >= 4 is 34.7 Å². The van der Waals surface area contributed by atoms with E-state index in [1.807, 2.05) is 44.2 Å². The lowest BCUT2D eigenvalue weighted by Gasteiger charge is -2.27. The summed E-state index contributed by atoms with van der Waals surface area (Å²) in [7, 11) is 0. The van der Waals surface area contributed by atoms with Crippen LogP contribution in [-0.4, -0.2) is 39.3 Å². The van der Waals surface area contributed by atoms with Gasteiger partial charge in [0.05, 0.1) is 12.3 Å². The summed E-state index contributed by atoms with van der Waals surface area (Å²) in [5, 5.41) is 10.9. The van der Waals surface area contributed by atoms with Crippen LogP contribution in [0.4, 0.5) is 0 Å². The molecule has 0 spiro atoms. The number of hydrogen-bond acceptors (Lipinski definition) is 5. The van der Waals surface area contributed by atoms with Gasteiger partial charge in [0.25, 0.3) is 0 Å². The van der Waals surface area contributed by atoms with Crippen molar-refractivity contribution in [3.8, 4) is 0 Å². The minimum atomic E-state index is -1.09. The average molecular weight is 409 g/mol. The Morgan fingerprint density at radius 1 is 1.14 bits per heavy atom. The number of carboxylic acid groups (broad SMARTS) is 1. The van der Waals surface area contributed by atoms with Crippen molar-refractivity contribution in [3.63, 3.8) is 0 Å². The van der Waals surface area contributed by atoms with Gasteiger partial charge in [0.1, 0.15) is 6.04 Å². The zero-order chi connectivity index (χ0) is 21.3. The number of nitrogens with one attached hydrogen (secondary N) is 1. The second-order valence-electron chi connectivity index (χ2n) is 7.14. The van der Waals surface area contributed by atoms with Crippen LogP contribution in [0.3, 0.4) is 0 Å². The van der Waals surface area contributed by atoms with E-state index in [1.54, 1.807) is 0 Å². The van der Waals surface area contributed by atoms with Crippen molar-refractivity contribution in [3.05, 3.63) is 35.9 Å². The highest BCUT2D eigenvalue weighted by molar-refractivity contribution is 8.14. The fraction of sp³-hybridized carbons (Fsp3) is 0.500. The number of thioether (sulfide) groups is 1. The van der Waals surface area contributed by atoms with Crippen LogP contribution in [0.5, 0.6) is 0 Å². The first kappa shape index (κ1) is 23.7. The lowest BCUT2D eigenvalue weighted by molar-refractivity contribution is -0.137. The minimum Gasteiger partial charge on any atom is -0.481 e. The average Bonchev–Trinajstić information content (AvgIpc) is 2.58. The van der Waals surface area contributed by atoms with E-state index >= 15 is 0 Å². The molecule has 3 atom stereocenters. The number of amides is 2. The monoisotopic (exact) mass is 408 g/mol. The topological polar surface area (TPSA) is 127 Å². The second kappa shape index (κ2) is 11.5. The molecule has 0 saturated carbocycles. The number of primary amides is 1. The van der Waals surface area contributed by atoms with E-state index in [-0.39, 0.29) is 23.9 Å². The van der Waals surface area contributed by atoms with Crippen LogP contribution in [0.25, 0.3) is 0 Å². The van der Waals surface area contributed by atoms with Gasteiger partial charge >= 0.3 is 5.97 Å². The lowest BCUT2D eigenvalue weighted by Crippen LogP contribution is -2.49. The van der Waals surface area contributed by atoms with Crippen LogP contribution >= 0.6 is 11.8 Å². The van der Waals surface area contributed by atoms with Gasteiger partial charge in [-0.05, 0) is 17.9 Å². The predicted molar refractivity (Wildman–Crippen MR) is 109 cm³/mol. The molecule has 0 heterocycles. The number of carbonyl (C=O) groups is 4. The molecule has 0 radical (unpaired) electrons. The SMILES string of the molecule is CC(=O)SC(CC(=O)O)C(CC(C)C)C(=O)N[C@@H](Cc1ccccc1)C(N)=O. The summed E-state index contributed by atoms with van der Waals surface area (Å²) in [5.74, 6) is -2.86. The fourth-order valence-corrected chi connectivity index (χ4v) is 3.99. The zero-order valence-corrected chi connectivity index (χ0v) is 17.2. The molecule has 0 aliphatic carbocycles. The number of carboxylic acids is 1. The Hall–Kier alpha value is -2.35. The molecule has 0 fully saturated rings. The first-order valence-corrected chi connectivity index (χ1v) is 10.0. The predicted octanol–water partition coefficient (Wildman–Crippen LogP) is 1.98. The maximum atomic E-state index is 13.0. The van der Waals surface area contributed by atoms with Gasteiger partial charge in [-0.25, -0.2) is 0 Å². The summed E-state index contributed by atoms with van der Waals surface area (Å²) in [4.78, 5) is 47.6. The van der Waals surface area contributed by atoms with Gasteiger partial charge in [-0.15, -0.1) is 0 Å². The fourth-order valence-electron chi connectivity index (χ4n) is 2.94. The van der Waals surface area contributed by atoms with E-state index in [0.29, 0.717) is 6.42 Å². The summed E-state index contributed by atoms with van der Waals surface area (Å²) < 4.78 is 0. The number of hydrogen-bond donors (Lipinski definition) is 3. The highest BCUT2D eigenvalue weighted by atomic mass is 32.2. The van der Waals surface area contributed by atoms with Crippen LogP contribution in [-0.2, 0) is 25.6 Å². The maximum absolute atomic E-state index is 13.0. The number of benzene rings is 1. The molecular formula is C20H28N2O5S. The quantitative estimate of drug-likeness (QED) is 0.514. The van der Waals surface area contributed by atoms with Crippen molar-refractivity contribution in [1.29, 1.82) is 0 Å². The Bertz CT molecular complexity index is 677. The molecule has 4 N–H and O–H groups in total. The first-order valence-electron chi connectivity index (χ1n) is 9.12. The van der Waals surface area contributed by atoms with Crippen molar-refractivity contribution in [2.75, 3.05) is 0 Å². The van der Waals surface area contributed by atoms with Gasteiger partial charge in [-0.3, -0.25) is 19.2 Å². The first-order chi connectivity index (χ1) is 13.1. The molecular weight excluding hydrogens is 380 g/mol. The number of aliphatic carboxylic acids is 1. The number of rotatable bonds is 11. The van der Waals surface area contributed by atoms with Gasteiger partial charge in [-0.1, -0.05) is 55.9 Å². The Balaban J connectivity index is 3.03. The molecule has 0 bridgehead atoms. The third-order valence-electron chi connectivity index (χ3n) is 4.15. The smallest absolute Gasteiger partial charge is 0.304 e. The van der Waals surface area contributed by atoms with Crippen molar-refractivity contribution in [1.82, 2.24) is 5.32 Å². The molecule has 8 heteroatoms. The molecule has 1 rings (SSSR count). The second-order valence-corrected chi connectivity index (χ2v) is 8.55. The molecule has 2 amide bonds. The number of nitrogens with two attached hydrogens (primary N) is 1. The summed E-state index contributed by atoms with van der Waals surface area (Å²) in [6, 6.07) is 8.22. The molecule has 0 aliphatic rings. The van der Waals surface area contributed by atoms with Crippen LogP contribution < -0.4 is 11.1 Å². The summed E-state index contributed by atoms with van der Waals surface area (Å²) in [6.07, 6.45) is 0.301. The largest absolute Gasteiger partial charge is 0.481 e. The van der Waals surface area contributed by atoms with Crippen molar-refractivity contribution < 1.29 is 24.3 Å². The van der Waals surface area contributed by atoms with E-state index in [0.717, 1.165) is 17.3 Å². The maximum Gasteiger partial charge on any atom is 0.304 e. The van der Waals surface area contributed by atoms with Gasteiger partial charge in [-0.2, -0.15) is 0 Å². The molecule has 154 valence electrons. The Morgan fingerprint density at radius 2 is 1.75 bits per heavy atom. The van der Waals surface area contributed by atoms with Crippen LogP contribution in [0, 0.1) is 11.8 Å². The lowest BCUT2D eigenvalue weighted by atomic mass is 9.91. The highest BCUT2D eigenvalue weighted by Crippen LogP contribution is 2.29. The van der Waals surface area contributed by atoms with Gasteiger partial charge in [0, 0.05) is 18.6 Å². The molecule has 1 aromatic carbocycles. The van der Waals surface area contributed by atoms with E-state index in [1.165, 1.54) is 6.92 Å². The van der Waals surface area contributed by atoms with Crippen molar-refractivity contribution in [2.24, 2.45) is 17.6 Å². The highest BCUT2D eigenvalue weighted by Gasteiger charge is 2.34. The van der Waals surface area contributed by atoms with E-state index < -0.39 is 35.0 Å². The normalized spacial score (nSPS) is 14.1. The summed E-state index contributed by atoms with van der Waals surface area (Å²) in [5.41, 5.74) is 6.30. The van der Waals surface area contributed by atoms with Crippen LogP contribution in [0.15, 0.2) is 30.3 Å². The molecule has 7 nitrogen and oxygen atoms in total. The Kier molecular flexibility index (Phi) is 9.72. The molecule has 0 aliphatic heterocycles. The zero-order valence-electron chi connectivity index (χ0n) is 16.4. The molecule has 0 saturated heterocycles. The third kappa shape index (κ3) is 8.56. The van der Waals surface area contributed by atoms with E-state index in [4.69, 9.17) is 5.73 Å². The minimum absolute atomic E-state index is 0.0979. The molecule has 0 aromatic heterocycles. The van der Waals surface area contributed by atoms with Crippen molar-refractivity contribution in [2.45, 2.75) is 51.3 Å². The summed E-state index contributed by atoms with van der Waals surface area (Å²) >= 11 is 0.849. The van der Waals surface area contributed by atoms with Crippen LogP contribution in [0.2, 0.25) is 0 Å². The summed E-state index contributed by atoms with van der Waals surface area (Å²) in [6.45, 7) is 5.16. The Labute approximate surface area is 169 Å².